The Labute approximate surface area is 195 Å². The van der Waals surface area contributed by atoms with Crippen molar-refractivity contribution in [3.8, 4) is 17.3 Å². The minimum Gasteiger partial charge on any atom is -0.456 e. The summed E-state index contributed by atoms with van der Waals surface area (Å²) in [4.78, 5) is 12.1. The van der Waals surface area contributed by atoms with E-state index in [2.05, 4.69) is 15.0 Å². The number of imidazole rings is 1. The smallest absolute Gasteiger partial charge is 0.296 e. The van der Waals surface area contributed by atoms with Crippen LogP contribution in [0.2, 0.25) is 5.02 Å². The van der Waals surface area contributed by atoms with Crippen molar-refractivity contribution in [1.82, 2.24) is 15.0 Å². The number of aromatic amines is 1. The predicted molar refractivity (Wildman–Crippen MR) is 120 cm³/mol. The number of aliphatic hydroxyl groups excluding tert-OH is 1. The van der Waals surface area contributed by atoms with Crippen molar-refractivity contribution in [3.63, 3.8) is 0 Å². The number of halogens is 1. The fraction of sp³-hybridized carbons (Fsp3) is 0.455. The van der Waals surface area contributed by atoms with E-state index in [1.165, 1.54) is 0 Å². The summed E-state index contributed by atoms with van der Waals surface area (Å²) in [6, 6.07) is 9.68. The molecular weight excluding hydrogens is 470 g/mol. The molecule has 0 aliphatic carbocycles. The van der Waals surface area contributed by atoms with Crippen molar-refractivity contribution in [1.29, 1.82) is 0 Å². The van der Waals surface area contributed by atoms with Crippen molar-refractivity contribution in [2.24, 2.45) is 0 Å². The molecule has 0 bridgehead atoms. The van der Waals surface area contributed by atoms with Crippen LogP contribution in [-0.2, 0) is 24.7 Å². The molecule has 0 unspecified atom stereocenters. The van der Waals surface area contributed by atoms with Gasteiger partial charge >= 0.3 is 0 Å². The maximum atomic E-state index is 11.6. The molecule has 0 radical (unpaired) electrons. The van der Waals surface area contributed by atoms with Crippen LogP contribution in [0.4, 0.5) is 0 Å². The number of aliphatic hydroxyl groups is 1. The Kier molecular flexibility index (Phi) is 4.76. The summed E-state index contributed by atoms with van der Waals surface area (Å²) in [5.41, 5.74) is 3.09. The van der Waals surface area contributed by atoms with Gasteiger partial charge in [-0.15, -0.1) is 0 Å². The second-order valence-corrected chi connectivity index (χ2v) is 11.7. The van der Waals surface area contributed by atoms with Gasteiger partial charge in [0.15, 0.2) is 21.6 Å². The molecule has 0 spiro atoms. The van der Waals surface area contributed by atoms with Crippen molar-refractivity contribution < 1.29 is 27.7 Å². The van der Waals surface area contributed by atoms with Gasteiger partial charge in [-0.05, 0) is 11.6 Å². The van der Waals surface area contributed by atoms with Crippen molar-refractivity contribution in [2.75, 3.05) is 24.7 Å². The zero-order chi connectivity index (χ0) is 23.0. The topological polar surface area (TPSA) is 124 Å². The molecule has 2 aromatic heterocycles. The summed E-state index contributed by atoms with van der Waals surface area (Å²) in [5, 5.41) is 10.3. The minimum atomic E-state index is -2.93. The van der Waals surface area contributed by atoms with Gasteiger partial charge in [0, 0.05) is 11.0 Å². The van der Waals surface area contributed by atoms with E-state index in [1.54, 1.807) is 6.07 Å². The first-order chi connectivity index (χ1) is 15.7. The number of nitrogens with one attached hydrogen (secondary N) is 1. The summed E-state index contributed by atoms with van der Waals surface area (Å²) in [6.45, 7) is 2.49. The van der Waals surface area contributed by atoms with E-state index in [0.717, 1.165) is 11.1 Å². The number of hydrogen-bond acceptors (Lipinski definition) is 8. The van der Waals surface area contributed by atoms with E-state index in [4.69, 9.17) is 25.8 Å². The van der Waals surface area contributed by atoms with E-state index in [9.17, 15) is 13.5 Å². The largest absolute Gasteiger partial charge is 0.456 e. The van der Waals surface area contributed by atoms with E-state index in [0.29, 0.717) is 28.5 Å². The second kappa shape index (κ2) is 7.38. The molecule has 3 aromatic rings. The van der Waals surface area contributed by atoms with Gasteiger partial charge in [-0.1, -0.05) is 42.8 Å². The molecule has 4 atom stereocenters. The fourth-order valence-corrected chi connectivity index (χ4v) is 7.42. The molecule has 0 amide bonds. The van der Waals surface area contributed by atoms with Crippen LogP contribution in [0.3, 0.4) is 0 Å². The molecule has 3 aliphatic rings. The lowest BCUT2D eigenvalue weighted by Gasteiger charge is -2.38. The lowest BCUT2D eigenvalue weighted by atomic mass is 9.85. The first-order valence-electron chi connectivity index (χ1n) is 10.7. The predicted octanol–water partition coefficient (Wildman–Crippen LogP) is 1.87. The molecule has 0 saturated carbocycles. The number of fused-ring (bicyclic) bond motifs is 2. The van der Waals surface area contributed by atoms with Crippen molar-refractivity contribution >= 4 is 32.6 Å². The van der Waals surface area contributed by atoms with Gasteiger partial charge in [-0.2, -0.15) is 4.98 Å². The zero-order valence-corrected chi connectivity index (χ0v) is 19.3. The number of ether oxygens (including phenoxy) is 3. The number of rotatable bonds is 4. The molecule has 6 rings (SSSR count). The highest BCUT2D eigenvalue weighted by Gasteiger charge is 2.49. The third-order valence-corrected chi connectivity index (χ3v) is 9.02. The van der Waals surface area contributed by atoms with Crippen LogP contribution in [0.5, 0.6) is 6.01 Å². The van der Waals surface area contributed by atoms with Gasteiger partial charge < -0.3 is 24.3 Å². The zero-order valence-electron chi connectivity index (χ0n) is 17.7. The average Bonchev–Trinajstić information content (AvgIpc) is 3.43. The molecule has 11 heteroatoms. The van der Waals surface area contributed by atoms with Gasteiger partial charge in [-0.3, -0.25) is 0 Å². The van der Waals surface area contributed by atoms with E-state index >= 15 is 0 Å². The number of pyridine rings is 1. The van der Waals surface area contributed by atoms with Crippen molar-refractivity contribution in [3.05, 3.63) is 40.9 Å². The molecule has 3 fully saturated rings. The van der Waals surface area contributed by atoms with E-state index < -0.39 is 15.9 Å². The number of H-pyrrole nitrogens is 1. The molecule has 1 aromatic carbocycles. The lowest BCUT2D eigenvalue weighted by Crippen LogP contribution is -2.49. The fourth-order valence-electron chi connectivity index (χ4n) is 4.97. The Morgan fingerprint density at radius 2 is 1.88 bits per heavy atom. The first kappa shape index (κ1) is 21.3. The average molecular weight is 492 g/mol. The monoisotopic (exact) mass is 491 g/mol. The van der Waals surface area contributed by atoms with Crippen molar-refractivity contribution in [2.45, 2.75) is 36.8 Å². The van der Waals surface area contributed by atoms with Crippen LogP contribution in [-0.4, -0.2) is 77.6 Å². The Morgan fingerprint density at radius 3 is 2.61 bits per heavy atom. The second-order valence-electron chi connectivity index (χ2n) is 9.22. The summed E-state index contributed by atoms with van der Waals surface area (Å²) in [5.74, 6) is 0.329. The molecule has 3 saturated heterocycles. The number of sulfone groups is 1. The van der Waals surface area contributed by atoms with Gasteiger partial charge in [0.25, 0.3) is 6.01 Å². The third kappa shape index (κ3) is 3.60. The number of benzene rings is 1. The summed E-state index contributed by atoms with van der Waals surface area (Å²) >= 11 is 6.51. The van der Waals surface area contributed by atoms with E-state index in [-0.39, 0.29) is 47.8 Å². The van der Waals surface area contributed by atoms with Gasteiger partial charge in [0.2, 0.25) is 0 Å². The summed E-state index contributed by atoms with van der Waals surface area (Å²) in [6.07, 6.45) is -1.76. The molecule has 33 heavy (non-hydrogen) atoms. The highest BCUT2D eigenvalue weighted by atomic mass is 35.5. The van der Waals surface area contributed by atoms with Gasteiger partial charge in [0.1, 0.15) is 18.3 Å². The molecule has 174 valence electrons. The summed E-state index contributed by atoms with van der Waals surface area (Å²) < 4.78 is 40.4. The van der Waals surface area contributed by atoms with Crippen LogP contribution >= 0.6 is 11.6 Å². The highest BCUT2D eigenvalue weighted by Crippen LogP contribution is 2.38. The SMILES string of the molecule is CC1(c2ccc(-c3nc4nc(O[C@@H]5CO[C@H]6[C@@H]5OC[C@H]6O)[nH]c4cc3Cl)cc2)CS(=O)(=O)C1. The van der Waals surface area contributed by atoms with Crippen LogP contribution in [0.1, 0.15) is 12.5 Å². The molecule has 3 aliphatic heterocycles. The normalized spacial score (nSPS) is 29.7. The van der Waals surface area contributed by atoms with Crippen LogP contribution in [0.15, 0.2) is 30.3 Å². The first-order valence-corrected chi connectivity index (χ1v) is 12.9. The number of hydrogen-bond donors (Lipinski definition) is 2. The van der Waals surface area contributed by atoms with Gasteiger partial charge in [0.05, 0.1) is 41.0 Å². The third-order valence-electron chi connectivity index (χ3n) is 6.58. The minimum absolute atomic E-state index is 0.165. The van der Waals surface area contributed by atoms with Crippen LogP contribution < -0.4 is 4.74 Å². The number of aromatic nitrogens is 3. The Hall–Kier alpha value is -2.24. The Balaban J connectivity index is 1.24. The summed E-state index contributed by atoms with van der Waals surface area (Å²) in [7, 11) is -2.93. The van der Waals surface area contributed by atoms with Crippen LogP contribution in [0, 0.1) is 0 Å². The lowest BCUT2D eigenvalue weighted by molar-refractivity contribution is 0.00706. The quantitative estimate of drug-likeness (QED) is 0.567. The molecular formula is C22H22ClN3O6S. The Morgan fingerprint density at radius 1 is 1.15 bits per heavy atom. The number of nitrogens with zero attached hydrogens (tertiary/aromatic N) is 2. The highest BCUT2D eigenvalue weighted by molar-refractivity contribution is 7.93. The molecule has 2 N–H and O–H groups in total. The maximum absolute atomic E-state index is 11.6. The van der Waals surface area contributed by atoms with Gasteiger partial charge in [-0.25, -0.2) is 13.4 Å². The van der Waals surface area contributed by atoms with E-state index in [1.807, 2.05) is 31.2 Å². The maximum Gasteiger partial charge on any atom is 0.296 e. The Bertz CT molecular complexity index is 1330. The molecule has 9 nitrogen and oxygen atoms in total. The van der Waals surface area contributed by atoms with Crippen LogP contribution in [0.25, 0.3) is 22.4 Å². The standard InChI is InChI=1S/C22H22ClN3O6S/c1-22(9-33(28,29)10-22)12-4-2-11(3-5-12)17-13(23)6-14-20(25-17)26-21(24-14)32-16-8-31-18-15(27)7-30-19(16)18/h2-6,15-16,18-19,27H,7-10H2,1H3,(H,24,25,26)/t15-,16-,18-,19-/m1/s1. The molecule has 5 heterocycles.